The number of alkyl halides is 1. The lowest BCUT2D eigenvalue weighted by molar-refractivity contribution is 0.0773. The molecule has 30 heavy (non-hydrogen) atoms. The summed E-state index contributed by atoms with van der Waals surface area (Å²) < 4.78 is 20.4. The lowest BCUT2D eigenvalue weighted by Gasteiger charge is -2.37. The van der Waals surface area contributed by atoms with E-state index < -0.39 is 6.17 Å². The maximum Gasteiger partial charge on any atom is 0.128 e. The highest BCUT2D eigenvalue weighted by molar-refractivity contribution is 5.27. The number of rotatable bonds is 10. The van der Waals surface area contributed by atoms with Crippen LogP contribution in [0, 0.1) is 12.8 Å². The van der Waals surface area contributed by atoms with Crippen molar-refractivity contribution in [2.75, 3.05) is 26.2 Å². The molecule has 1 aliphatic heterocycles. The van der Waals surface area contributed by atoms with Gasteiger partial charge in [-0.1, -0.05) is 55.8 Å². The number of piperidine rings is 1. The van der Waals surface area contributed by atoms with Gasteiger partial charge < -0.3 is 10.1 Å². The number of halogens is 1. The van der Waals surface area contributed by atoms with Crippen LogP contribution in [0.15, 0.2) is 48.5 Å². The van der Waals surface area contributed by atoms with Crippen LogP contribution in [0.3, 0.4) is 0 Å². The highest BCUT2D eigenvalue weighted by Crippen LogP contribution is 2.20. The fraction of sp³-hybridized carbons (Fsp3) is 0.538. The van der Waals surface area contributed by atoms with Gasteiger partial charge in [0.05, 0.1) is 6.61 Å². The van der Waals surface area contributed by atoms with Crippen molar-refractivity contribution in [2.24, 2.45) is 5.92 Å². The minimum absolute atomic E-state index is 0.000590. The number of nitrogens with one attached hydrogen (secondary N) is 1. The molecule has 3 nitrogen and oxygen atoms in total. The Morgan fingerprint density at radius 3 is 2.43 bits per heavy atom. The van der Waals surface area contributed by atoms with E-state index in [1.54, 1.807) is 0 Å². The van der Waals surface area contributed by atoms with Gasteiger partial charge >= 0.3 is 0 Å². The molecule has 0 radical (unpaired) electrons. The first-order valence-corrected chi connectivity index (χ1v) is 11.4. The van der Waals surface area contributed by atoms with Crippen molar-refractivity contribution < 1.29 is 9.13 Å². The average molecular weight is 413 g/mol. The predicted octanol–water partition coefficient (Wildman–Crippen LogP) is 5.16. The van der Waals surface area contributed by atoms with E-state index in [9.17, 15) is 4.39 Å². The highest BCUT2D eigenvalue weighted by atomic mass is 19.1. The summed E-state index contributed by atoms with van der Waals surface area (Å²) in [5, 5.41) is 3.18. The monoisotopic (exact) mass is 412 g/mol. The van der Waals surface area contributed by atoms with Crippen molar-refractivity contribution >= 4 is 0 Å². The summed E-state index contributed by atoms with van der Waals surface area (Å²) >= 11 is 0. The molecule has 0 aliphatic carbocycles. The zero-order valence-corrected chi connectivity index (χ0v) is 18.7. The second-order valence-electron chi connectivity index (χ2n) is 8.98. The number of ether oxygens (including phenoxy) is 1. The molecule has 1 N–H and O–H groups in total. The molecule has 1 saturated heterocycles. The highest BCUT2D eigenvalue weighted by Gasteiger charge is 2.29. The van der Waals surface area contributed by atoms with Crippen molar-refractivity contribution in [1.29, 1.82) is 0 Å². The normalized spacial score (nSPS) is 19.4. The molecule has 1 heterocycles. The summed E-state index contributed by atoms with van der Waals surface area (Å²) in [5.41, 5.74) is 3.83. The van der Waals surface area contributed by atoms with Crippen molar-refractivity contribution in [2.45, 2.75) is 58.8 Å². The van der Waals surface area contributed by atoms with Crippen LogP contribution in [-0.2, 0) is 13.0 Å². The quantitative estimate of drug-likeness (QED) is 0.583. The van der Waals surface area contributed by atoms with Crippen LogP contribution in [0.2, 0.25) is 0 Å². The molecular formula is C26H37FN2O. The lowest BCUT2D eigenvalue weighted by atomic mass is 10.0. The van der Waals surface area contributed by atoms with Crippen LogP contribution in [0.5, 0.6) is 5.75 Å². The Bertz CT molecular complexity index is 745. The molecule has 0 saturated carbocycles. The van der Waals surface area contributed by atoms with E-state index in [1.807, 2.05) is 0 Å². The van der Waals surface area contributed by atoms with E-state index in [-0.39, 0.29) is 6.04 Å². The molecule has 2 atom stereocenters. The Hall–Kier alpha value is -1.91. The third-order valence-corrected chi connectivity index (χ3v) is 5.77. The molecule has 4 heteroatoms. The van der Waals surface area contributed by atoms with Crippen molar-refractivity contribution in [1.82, 2.24) is 10.2 Å². The molecule has 2 aromatic carbocycles. The maximum atomic E-state index is 14.7. The van der Waals surface area contributed by atoms with Gasteiger partial charge in [-0.05, 0) is 68.5 Å². The molecule has 1 fully saturated rings. The smallest absolute Gasteiger partial charge is 0.128 e. The molecule has 0 amide bonds. The van der Waals surface area contributed by atoms with Crippen LogP contribution < -0.4 is 10.1 Å². The van der Waals surface area contributed by atoms with E-state index in [0.717, 1.165) is 51.3 Å². The van der Waals surface area contributed by atoms with Gasteiger partial charge in [-0.15, -0.1) is 0 Å². The van der Waals surface area contributed by atoms with E-state index in [2.05, 4.69) is 79.5 Å². The van der Waals surface area contributed by atoms with Gasteiger partial charge in [0.15, 0.2) is 0 Å². The summed E-state index contributed by atoms with van der Waals surface area (Å²) in [6.07, 6.45) is 2.09. The predicted molar refractivity (Wildman–Crippen MR) is 123 cm³/mol. The average Bonchev–Trinajstić information content (AvgIpc) is 2.74. The number of nitrogens with zero attached hydrogens (tertiary/aromatic N) is 1. The molecule has 1 aliphatic rings. The van der Waals surface area contributed by atoms with Crippen LogP contribution in [0.1, 0.15) is 43.4 Å². The van der Waals surface area contributed by atoms with Gasteiger partial charge in [0, 0.05) is 19.1 Å². The molecule has 0 bridgehead atoms. The second kappa shape index (κ2) is 11.5. The summed E-state index contributed by atoms with van der Waals surface area (Å²) in [4.78, 5) is 2.36. The molecular weight excluding hydrogens is 375 g/mol. The molecule has 2 aromatic rings. The Morgan fingerprint density at radius 2 is 1.77 bits per heavy atom. The maximum absolute atomic E-state index is 14.7. The SMILES string of the molecule is Cc1ccc(CN(CCCc2ccc(OCC(C)C)cc2)[C@@H]2CCNC[C@@H]2F)cc1. The first-order chi connectivity index (χ1) is 14.5. The topological polar surface area (TPSA) is 24.5 Å². The first kappa shape index (κ1) is 22.8. The zero-order valence-electron chi connectivity index (χ0n) is 18.7. The van der Waals surface area contributed by atoms with Crippen molar-refractivity contribution in [3.05, 3.63) is 65.2 Å². The number of hydrogen-bond acceptors (Lipinski definition) is 3. The first-order valence-electron chi connectivity index (χ1n) is 11.4. The summed E-state index contributed by atoms with van der Waals surface area (Å²) in [6.45, 7) is 10.2. The molecule has 0 unspecified atom stereocenters. The van der Waals surface area contributed by atoms with Crippen molar-refractivity contribution in [3.63, 3.8) is 0 Å². The van der Waals surface area contributed by atoms with Gasteiger partial charge in [0.25, 0.3) is 0 Å². The second-order valence-corrected chi connectivity index (χ2v) is 8.98. The van der Waals surface area contributed by atoms with Crippen LogP contribution in [0.25, 0.3) is 0 Å². The zero-order chi connectivity index (χ0) is 21.3. The third-order valence-electron chi connectivity index (χ3n) is 5.77. The Kier molecular flexibility index (Phi) is 8.71. The standard InChI is InChI=1S/C26H37FN2O/c1-20(2)19-30-24-12-10-22(11-13-24)5-4-16-29(26-14-15-28-17-25(26)27)18-23-8-6-21(3)7-9-23/h6-13,20,25-26,28H,4-5,14-19H2,1-3H3/t25-,26+/m0/s1. The van der Waals surface area contributed by atoms with Gasteiger partial charge in [-0.2, -0.15) is 0 Å². The Morgan fingerprint density at radius 1 is 1.07 bits per heavy atom. The fourth-order valence-electron chi connectivity index (χ4n) is 4.01. The van der Waals surface area contributed by atoms with Gasteiger partial charge in [-0.25, -0.2) is 4.39 Å². The summed E-state index contributed by atoms with van der Waals surface area (Å²) in [7, 11) is 0. The minimum atomic E-state index is -0.804. The van der Waals surface area contributed by atoms with Crippen LogP contribution in [-0.4, -0.2) is 43.4 Å². The lowest BCUT2D eigenvalue weighted by Crippen LogP contribution is -2.51. The van der Waals surface area contributed by atoms with E-state index >= 15 is 0 Å². The van der Waals surface area contributed by atoms with Crippen LogP contribution in [0.4, 0.5) is 4.39 Å². The number of aryl methyl sites for hydroxylation is 2. The van der Waals surface area contributed by atoms with E-state index in [1.165, 1.54) is 16.7 Å². The van der Waals surface area contributed by atoms with E-state index in [4.69, 9.17) is 4.74 Å². The fourth-order valence-corrected chi connectivity index (χ4v) is 4.01. The molecule has 0 spiro atoms. The van der Waals surface area contributed by atoms with Gasteiger partial charge in [0.1, 0.15) is 11.9 Å². The van der Waals surface area contributed by atoms with Gasteiger partial charge in [-0.3, -0.25) is 4.90 Å². The Balaban J connectivity index is 1.56. The molecule has 0 aromatic heterocycles. The Labute approximate surface area is 181 Å². The van der Waals surface area contributed by atoms with Gasteiger partial charge in [0.2, 0.25) is 0 Å². The van der Waals surface area contributed by atoms with Crippen LogP contribution >= 0.6 is 0 Å². The van der Waals surface area contributed by atoms with E-state index in [0.29, 0.717) is 12.5 Å². The molecule has 3 rings (SSSR count). The third kappa shape index (κ3) is 7.10. The van der Waals surface area contributed by atoms with Crippen molar-refractivity contribution in [3.8, 4) is 5.75 Å². The minimum Gasteiger partial charge on any atom is -0.493 e. The summed E-state index contributed by atoms with van der Waals surface area (Å²) in [5.74, 6) is 1.46. The number of hydrogen-bond donors (Lipinski definition) is 1. The summed E-state index contributed by atoms with van der Waals surface area (Å²) in [6, 6.07) is 17.1. The number of benzene rings is 2. The molecule has 164 valence electrons. The largest absolute Gasteiger partial charge is 0.493 e.